The Kier molecular flexibility index (Phi) is 5.89. The van der Waals surface area contributed by atoms with Crippen LogP contribution in [0.25, 0.3) is 16.9 Å². The lowest BCUT2D eigenvalue weighted by Crippen LogP contribution is -2.65. The highest BCUT2D eigenvalue weighted by Gasteiger charge is 2.64. The summed E-state index contributed by atoms with van der Waals surface area (Å²) >= 11 is 0. The van der Waals surface area contributed by atoms with Gasteiger partial charge in [-0.25, -0.2) is 4.79 Å². The first-order valence-electron chi connectivity index (χ1n) is 12.1. The molecule has 0 bridgehead atoms. The van der Waals surface area contributed by atoms with Gasteiger partial charge in [-0.2, -0.15) is 0 Å². The van der Waals surface area contributed by atoms with Crippen molar-refractivity contribution in [1.29, 1.82) is 0 Å². The predicted octanol–water partition coefficient (Wildman–Crippen LogP) is 1.33. The first kappa shape index (κ1) is 26.1. The molecule has 0 radical (unpaired) electrons. The van der Waals surface area contributed by atoms with E-state index in [4.69, 9.17) is 5.73 Å². The molecule has 2 aromatic rings. The van der Waals surface area contributed by atoms with Crippen LogP contribution < -0.4 is 5.73 Å². The zero-order valence-corrected chi connectivity index (χ0v) is 21.0. The molecule has 7 N–H and O–H groups in total. The molecule has 0 aliphatic heterocycles. The minimum Gasteiger partial charge on any atom is -0.508 e. The normalized spacial score (nSPS) is 26.3. The smallest absolute Gasteiger partial charge is 0.335 e. The number of aromatic hydroxyl groups is 1. The monoisotopic (exact) mass is 534 g/mol. The fourth-order valence-electron chi connectivity index (χ4n) is 6.31. The Hall–Kier alpha value is -4.48. The Morgan fingerprint density at radius 2 is 1.67 bits per heavy atom. The van der Waals surface area contributed by atoms with Gasteiger partial charge in [0.1, 0.15) is 22.8 Å². The Morgan fingerprint density at radius 1 is 1.03 bits per heavy atom. The van der Waals surface area contributed by atoms with Gasteiger partial charge < -0.3 is 31.3 Å². The van der Waals surface area contributed by atoms with Crippen LogP contribution in [0.2, 0.25) is 0 Å². The SMILES string of the molecule is CN(C)[C@H]1C(=O)C(C(N)=O)=C(O)[C@]2(O)C(=O)C3=C(O)c4c(O)ccc(-c5ccc(C(=O)O)cc5)c4C[C@@H]3C[C@H]12. The molecule has 3 aliphatic rings. The van der Waals surface area contributed by atoms with Gasteiger partial charge in [0.05, 0.1) is 17.2 Å². The summed E-state index contributed by atoms with van der Waals surface area (Å²) in [5, 5.41) is 53.8. The van der Waals surface area contributed by atoms with Crippen molar-refractivity contribution in [2.45, 2.75) is 24.5 Å². The lowest BCUT2D eigenvalue weighted by Gasteiger charge is -2.50. The maximum absolute atomic E-state index is 13.9. The molecule has 5 rings (SSSR count). The number of aliphatic hydroxyl groups excluding tert-OH is 2. The molecule has 11 heteroatoms. The number of nitrogens with two attached hydrogens (primary N) is 1. The number of aliphatic hydroxyl groups is 3. The van der Waals surface area contributed by atoms with E-state index in [1.54, 1.807) is 18.2 Å². The van der Waals surface area contributed by atoms with Crippen LogP contribution in [0.4, 0.5) is 0 Å². The number of nitrogens with zero attached hydrogens (tertiary/aromatic N) is 1. The van der Waals surface area contributed by atoms with E-state index in [1.807, 2.05) is 0 Å². The van der Waals surface area contributed by atoms with Gasteiger partial charge in [-0.1, -0.05) is 18.2 Å². The molecule has 0 aromatic heterocycles. The van der Waals surface area contributed by atoms with Crippen LogP contribution >= 0.6 is 0 Å². The number of fused-ring (bicyclic) bond motifs is 3. The zero-order chi connectivity index (χ0) is 28.5. The van der Waals surface area contributed by atoms with E-state index in [-0.39, 0.29) is 35.3 Å². The van der Waals surface area contributed by atoms with Crippen LogP contribution in [-0.2, 0) is 20.8 Å². The number of aromatic carboxylic acids is 1. The fraction of sp³-hybridized carbons (Fsp3) is 0.286. The molecule has 11 nitrogen and oxygen atoms in total. The largest absolute Gasteiger partial charge is 0.508 e. The molecule has 3 aliphatic carbocycles. The summed E-state index contributed by atoms with van der Waals surface area (Å²) < 4.78 is 0. The fourth-order valence-corrected chi connectivity index (χ4v) is 6.31. The molecule has 39 heavy (non-hydrogen) atoms. The van der Waals surface area contributed by atoms with E-state index in [2.05, 4.69) is 0 Å². The van der Waals surface area contributed by atoms with Crippen LogP contribution in [0.5, 0.6) is 5.75 Å². The van der Waals surface area contributed by atoms with Crippen molar-refractivity contribution in [2.75, 3.05) is 14.1 Å². The minimum absolute atomic E-state index is 0.0290. The predicted molar refractivity (Wildman–Crippen MR) is 137 cm³/mol. The van der Waals surface area contributed by atoms with Crippen LogP contribution in [-0.4, -0.2) is 79.6 Å². The summed E-state index contributed by atoms with van der Waals surface area (Å²) in [5.41, 5.74) is 3.24. The maximum Gasteiger partial charge on any atom is 0.335 e. The lowest BCUT2D eigenvalue weighted by atomic mass is 9.57. The van der Waals surface area contributed by atoms with E-state index >= 15 is 0 Å². The number of likely N-dealkylation sites (N-methyl/N-ethyl adjacent to an activating group) is 1. The molecular formula is C28H26N2O9. The molecule has 0 spiro atoms. The highest BCUT2D eigenvalue weighted by molar-refractivity contribution is 6.24. The van der Waals surface area contributed by atoms with Crippen molar-refractivity contribution < 1.29 is 44.7 Å². The number of phenols is 1. The van der Waals surface area contributed by atoms with Gasteiger partial charge in [-0.15, -0.1) is 0 Å². The van der Waals surface area contributed by atoms with Crippen molar-refractivity contribution in [2.24, 2.45) is 17.6 Å². The van der Waals surface area contributed by atoms with E-state index in [9.17, 15) is 44.7 Å². The molecule has 1 saturated carbocycles. The number of rotatable bonds is 4. The summed E-state index contributed by atoms with van der Waals surface area (Å²) in [6, 6.07) is 7.79. The summed E-state index contributed by atoms with van der Waals surface area (Å²) in [6.07, 6.45) is 0.0950. The second-order valence-corrected chi connectivity index (χ2v) is 10.3. The second kappa shape index (κ2) is 8.79. The number of benzene rings is 2. The number of Topliss-reactive ketones (excluding diaryl/α,β-unsaturated/α-hetero) is 2. The third-order valence-corrected chi connectivity index (χ3v) is 8.05. The Balaban J connectivity index is 1.71. The summed E-state index contributed by atoms with van der Waals surface area (Å²) in [5.74, 6) is -8.25. The van der Waals surface area contributed by atoms with Crippen molar-refractivity contribution in [3.8, 4) is 16.9 Å². The highest BCUT2D eigenvalue weighted by Crippen LogP contribution is 2.53. The molecule has 1 fully saturated rings. The third-order valence-electron chi connectivity index (χ3n) is 8.05. The number of hydrogen-bond donors (Lipinski definition) is 6. The molecule has 0 saturated heterocycles. The molecule has 0 heterocycles. The Morgan fingerprint density at radius 3 is 2.23 bits per heavy atom. The molecule has 1 amide bonds. The van der Waals surface area contributed by atoms with Crippen LogP contribution in [0.3, 0.4) is 0 Å². The third kappa shape index (κ3) is 3.57. The van der Waals surface area contributed by atoms with Crippen LogP contribution in [0, 0.1) is 11.8 Å². The molecule has 202 valence electrons. The van der Waals surface area contributed by atoms with Gasteiger partial charge in [-0.3, -0.25) is 19.3 Å². The number of carbonyl (C=O) groups is 4. The van der Waals surface area contributed by atoms with Crippen LogP contribution in [0.1, 0.15) is 27.9 Å². The van der Waals surface area contributed by atoms with Gasteiger partial charge in [0.15, 0.2) is 11.4 Å². The summed E-state index contributed by atoms with van der Waals surface area (Å²) in [6.45, 7) is 0. The number of ketones is 2. The van der Waals surface area contributed by atoms with Gasteiger partial charge in [0.2, 0.25) is 5.78 Å². The van der Waals surface area contributed by atoms with E-state index < -0.39 is 64.0 Å². The summed E-state index contributed by atoms with van der Waals surface area (Å²) in [7, 11) is 3.06. The molecule has 2 aromatic carbocycles. The second-order valence-electron chi connectivity index (χ2n) is 10.3. The van der Waals surface area contributed by atoms with E-state index in [0.717, 1.165) is 0 Å². The number of hydrogen-bond acceptors (Lipinski definition) is 9. The van der Waals surface area contributed by atoms with Crippen molar-refractivity contribution >= 4 is 29.2 Å². The highest BCUT2D eigenvalue weighted by atomic mass is 16.4. The average Bonchev–Trinajstić information content (AvgIpc) is 2.86. The lowest BCUT2D eigenvalue weighted by molar-refractivity contribution is -0.153. The van der Waals surface area contributed by atoms with Crippen molar-refractivity contribution in [1.82, 2.24) is 4.90 Å². The Labute approximate surface area is 222 Å². The van der Waals surface area contributed by atoms with Gasteiger partial charge >= 0.3 is 5.97 Å². The quantitative estimate of drug-likeness (QED) is 0.311. The number of phenolic OH excluding ortho intramolecular Hbond substituents is 1. The van der Waals surface area contributed by atoms with Gasteiger partial charge in [-0.05, 0) is 67.7 Å². The zero-order valence-electron chi connectivity index (χ0n) is 21.0. The van der Waals surface area contributed by atoms with E-state index in [0.29, 0.717) is 16.7 Å². The van der Waals surface area contributed by atoms with Crippen LogP contribution in [0.15, 0.2) is 53.3 Å². The van der Waals surface area contributed by atoms with Crippen molar-refractivity contribution in [3.05, 3.63) is 70.0 Å². The topological polar surface area (TPSA) is 199 Å². The van der Waals surface area contributed by atoms with E-state index in [1.165, 1.54) is 37.2 Å². The molecule has 4 atom stereocenters. The first-order valence-corrected chi connectivity index (χ1v) is 12.1. The number of carboxylic acid groups (broad SMARTS) is 1. The number of primary amides is 1. The minimum atomic E-state index is -2.70. The standard InChI is InChI=1S/C28H26N2O9/c1-30(2)21-16-10-13-9-15-14(11-3-5-12(6-4-11)27(37)38)7-8-17(31)19(15)22(32)18(13)24(34)28(16,39)25(35)20(23(21)33)26(29)36/h3-8,13,16,21,31-32,35,39H,9-10H2,1-2H3,(H2,29,36)(H,37,38)/t13-,16-,21-,28-/m1/s1. The average molecular weight is 535 g/mol. The maximum atomic E-state index is 13.9. The number of amides is 1. The number of carbonyl (C=O) groups excluding carboxylic acids is 3. The molecule has 0 unspecified atom stereocenters. The Bertz CT molecular complexity index is 1540. The first-order chi connectivity index (χ1) is 18.3. The van der Waals surface area contributed by atoms with Crippen molar-refractivity contribution in [3.63, 3.8) is 0 Å². The van der Waals surface area contributed by atoms with Gasteiger partial charge in [0, 0.05) is 11.5 Å². The molecular weight excluding hydrogens is 508 g/mol. The van der Waals surface area contributed by atoms with Gasteiger partial charge in [0.25, 0.3) is 5.91 Å². The summed E-state index contributed by atoms with van der Waals surface area (Å²) in [4.78, 5) is 51.8. The number of carboxylic acids is 1.